The zero-order valence-electron chi connectivity index (χ0n) is 42.1. The van der Waals surface area contributed by atoms with Crippen molar-refractivity contribution in [2.75, 3.05) is 13.2 Å². The van der Waals surface area contributed by atoms with Crippen molar-refractivity contribution in [1.82, 2.24) is 0 Å². The van der Waals surface area contributed by atoms with Gasteiger partial charge >= 0.3 is 17.9 Å². The summed E-state index contributed by atoms with van der Waals surface area (Å²) in [5, 5.41) is 0. The number of ether oxygens (including phenoxy) is 3. The molecule has 0 aliphatic heterocycles. The first-order valence-electron chi connectivity index (χ1n) is 26.2. The summed E-state index contributed by atoms with van der Waals surface area (Å²) in [7, 11) is 0. The molecule has 0 bridgehead atoms. The molecule has 0 aromatic rings. The molecule has 0 rings (SSSR count). The molecule has 0 spiro atoms. The minimum atomic E-state index is -0.833. The highest BCUT2D eigenvalue weighted by Crippen LogP contribution is 2.12. The van der Waals surface area contributed by atoms with E-state index in [1.807, 2.05) is 0 Å². The zero-order valence-corrected chi connectivity index (χ0v) is 42.1. The number of rotatable bonds is 45. The highest BCUT2D eigenvalue weighted by atomic mass is 16.6. The van der Waals surface area contributed by atoms with E-state index in [-0.39, 0.29) is 44.0 Å². The molecule has 0 fully saturated rings. The fourth-order valence-corrected chi connectivity index (χ4v) is 6.50. The van der Waals surface area contributed by atoms with E-state index in [9.17, 15) is 14.4 Å². The highest BCUT2D eigenvalue weighted by molar-refractivity contribution is 5.71. The summed E-state index contributed by atoms with van der Waals surface area (Å²) in [4.78, 5) is 38.0. The molecular formula is C60H94O6. The molecule has 66 heavy (non-hydrogen) atoms. The van der Waals surface area contributed by atoms with Crippen LogP contribution in [0.2, 0.25) is 0 Å². The van der Waals surface area contributed by atoms with Crippen LogP contribution in [0.1, 0.15) is 207 Å². The maximum Gasteiger partial charge on any atom is 0.306 e. The van der Waals surface area contributed by atoms with E-state index in [2.05, 4.69) is 154 Å². The summed E-state index contributed by atoms with van der Waals surface area (Å²) in [5.74, 6) is -1.04. The van der Waals surface area contributed by atoms with Crippen LogP contribution < -0.4 is 0 Å². The van der Waals surface area contributed by atoms with Gasteiger partial charge in [-0.25, -0.2) is 0 Å². The molecule has 0 radical (unpaired) electrons. The van der Waals surface area contributed by atoms with E-state index in [1.165, 1.54) is 38.5 Å². The molecule has 0 saturated heterocycles. The fraction of sp³-hybridized carbons (Fsp3) is 0.583. The van der Waals surface area contributed by atoms with E-state index < -0.39 is 6.10 Å². The molecule has 0 heterocycles. The van der Waals surface area contributed by atoms with Crippen LogP contribution in [0.5, 0.6) is 0 Å². The van der Waals surface area contributed by atoms with Gasteiger partial charge in [0.25, 0.3) is 0 Å². The van der Waals surface area contributed by atoms with Gasteiger partial charge < -0.3 is 14.2 Å². The van der Waals surface area contributed by atoms with Gasteiger partial charge in [0.15, 0.2) is 6.10 Å². The molecule has 370 valence electrons. The number of hydrogen-bond acceptors (Lipinski definition) is 6. The first-order valence-corrected chi connectivity index (χ1v) is 26.2. The van der Waals surface area contributed by atoms with Gasteiger partial charge in [0.2, 0.25) is 0 Å². The van der Waals surface area contributed by atoms with Crippen LogP contribution in [0.25, 0.3) is 0 Å². The molecule has 0 aromatic carbocycles. The predicted octanol–water partition coefficient (Wildman–Crippen LogP) is 17.5. The predicted molar refractivity (Wildman–Crippen MR) is 283 cm³/mol. The van der Waals surface area contributed by atoms with Gasteiger partial charge in [-0.2, -0.15) is 0 Å². The second kappa shape index (κ2) is 53.2. The molecule has 6 nitrogen and oxygen atoms in total. The summed E-state index contributed by atoms with van der Waals surface area (Å²) < 4.78 is 16.7. The molecule has 0 aromatic heterocycles. The molecular weight excluding hydrogens is 817 g/mol. The summed E-state index contributed by atoms with van der Waals surface area (Å²) in [5.41, 5.74) is 0. The summed E-state index contributed by atoms with van der Waals surface area (Å²) in [6.07, 6.45) is 74.4. The molecule has 6 heteroatoms. The third kappa shape index (κ3) is 50.5. The number of carbonyl (C=O) groups is 3. The molecule has 0 N–H and O–H groups in total. The van der Waals surface area contributed by atoms with Gasteiger partial charge in [0, 0.05) is 19.3 Å². The SMILES string of the molecule is CC/C=C\C/C=C\C/C=C\C/C=C\CCCCCCCCC(=O)OCC(COC(=O)CCCC/C=C\C/C=C\C/C=C\CC)OC(=O)CCC/C=C\C/C=C\C/C=C\C/C=C\CCCCC. The normalized spacial score (nSPS) is 13.2. The second-order valence-electron chi connectivity index (χ2n) is 16.7. The fourth-order valence-electron chi connectivity index (χ4n) is 6.50. The lowest BCUT2D eigenvalue weighted by molar-refractivity contribution is -0.167. The van der Waals surface area contributed by atoms with E-state index in [4.69, 9.17) is 14.2 Å². The monoisotopic (exact) mass is 911 g/mol. The lowest BCUT2D eigenvalue weighted by Crippen LogP contribution is -2.30. The van der Waals surface area contributed by atoms with Gasteiger partial charge in [0.1, 0.15) is 13.2 Å². The Balaban J connectivity index is 4.55. The van der Waals surface area contributed by atoms with Crippen LogP contribution in [0.3, 0.4) is 0 Å². The van der Waals surface area contributed by atoms with Crippen molar-refractivity contribution in [3.05, 3.63) is 134 Å². The topological polar surface area (TPSA) is 78.9 Å². The van der Waals surface area contributed by atoms with Crippen molar-refractivity contribution >= 4 is 17.9 Å². The van der Waals surface area contributed by atoms with Crippen molar-refractivity contribution in [1.29, 1.82) is 0 Å². The highest BCUT2D eigenvalue weighted by Gasteiger charge is 2.19. The second-order valence-corrected chi connectivity index (χ2v) is 16.7. The third-order valence-electron chi connectivity index (χ3n) is 10.4. The van der Waals surface area contributed by atoms with E-state index in [0.717, 1.165) is 116 Å². The first kappa shape index (κ1) is 61.5. The molecule has 0 amide bonds. The Kier molecular flexibility index (Phi) is 49.6. The summed E-state index contributed by atoms with van der Waals surface area (Å²) in [6.45, 7) is 6.26. The maximum absolute atomic E-state index is 12.8. The Morgan fingerprint density at radius 2 is 0.606 bits per heavy atom. The maximum atomic E-state index is 12.8. The standard InChI is InChI=1S/C60H94O6/c1-4-7-10-13-16-19-22-25-27-29-30-32-33-35-38-41-44-47-50-53-59(62)65-56-57(55-64-58(61)52-49-46-43-40-37-24-21-18-15-12-9-6-3)66-60(63)54-51-48-45-42-39-36-34-31-28-26-23-20-17-14-11-8-5-2/h7,9-10,12,16-21,25-28,30,32,34,36-37,40,42,45,57H,4-6,8,11,13-15,22-24,29,31,33,35,38-39,41,43-44,46-56H2,1-3H3/b10-7-,12-9-,19-16-,20-17-,21-18-,27-25-,28-26-,32-30-,36-34-,40-37-,45-42-. The Bertz CT molecular complexity index is 1460. The van der Waals surface area contributed by atoms with Crippen LogP contribution in [0.15, 0.2) is 134 Å². The molecule has 0 aliphatic rings. The Labute approximate surface area is 405 Å². The Morgan fingerprint density at radius 1 is 0.318 bits per heavy atom. The third-order valence-corrected chi connectivity index (χ3v) is 10.4. The molecule has 1 unspecified atom stereocenters. The van der Waals surface area contributed by atoms with Crippen LogP contribution >= 0.6 is 0 Å². The van der Waals surface area contributed by atoms with Gasteiger partial charge in [-0.1, -0.05) is 193 Å². The average Bonchev–Trinajstić information content (AvgIpc) is 3.31. The van der Waals surface area contributed by atoms with Gasteiger partial charge in [-0.15, -0.1) is 0 Å². The van der Waals surface area contributed by atoms with Crippen LogP contribution in [-0.2, 0) is 28.6 Å². The van der Waals surface area contributed by atoms with Crippen molar-refractivity contribution in [2.45, 2.75) is 213 Å². The Morgan fingerprint density at radius 3 is 1.00 bits per heavy atom. The lowest BCUT2D eigenvalue weighted by atomic mass is 10.1. The van der Waals surface area contributed by atoms with Gasteiger partial charge in [-0.05, 0) is 128 Å². The summed E-state index contributed by atoms with van der Waals surface area (Å²) >= 11 is 0. The van der Waals surface area contributed by atoms with Crippen LogP contribution in [-0.4, -0.2) is 37.2 Å². The lowest BCUT2D eigenvalue weighted by Gasteiger charge is -2.18. The quantitative estimate of drug-likeness (QED) is 0.0262. The minimum absolute atomic E-state index is 0.125. The van der Waals surface area contributed by atoms with E-state index in [1.54, 1.807) is 0 Å². The van der Waals surface area contributed by atoms with Crippen molar-refractivity contribution in [3.8, 4) is 0 Å². The number of unbranched alkanes of at least 4 members (excludes halogenated alkanes) is 12. The van der Waals surface area contributed by atoms with Crippen molar-refractivity contribution in [3.63, 3.8) is 0 Å². The summed E-state index contributed by atoms with van der Waals surface area (Å²) in [6, 6.07) is 0. The van der Waals surface area contributed by atoms with Crippen molar-refractivity contribution in [2.24, 2.45) is 0 Å². The van der Waals surface area contributed by atoms with E-state index >= 15 is 0 Å². The molecule has 0 aliphatic carbocycles. The van der Waals surface area contributed by atoms with Crippen molar-refractivity contribution < 1.29 is 28.6 Å². The largest absolute Gasteiger partial charge is 0.462 e. The number of carbonyl (C=O) groups excluding carboxylic acids is 3. The van der Waals surface area contributed by atoms with E-state index in [0.29, 0.717) is 19.3 Å². The van der Waals surface area contributed by atoms with Crippen LogP contribution in [0, 0.1) is 0 Å². The van der Waals surface area contributed by atoms with Gasteiger partial charge in [-0.3, -0.25) is 14.4 Å². The number of allylic oxidation sites excluding steroid dienone is 22. The number of hydrogen-bond donors (Lipinski definition) is 0. The smallest absolute Gasteiger partial charge is 0.306 e. The zero-order chi connectivity index (χ0) is 47.9. The Hall–Kier alpha value is -4.45. The number of esters is 3. The van der Waals surface area contributed by atoms with Crippen LogP contribution in [0.4, 0.5) is 0 Å². The minimum Gasteiger partial charge on any atom is -0.462 e. The molecule has 0 saturated carbocycles. The first-order chi connectivity index (χ1) is 32.5. The molecule has 1 atom stereocenters. The average molecular weight is 911 g/mol. The van der Waals surface area contributed by atoms with Gasteiger partial charge in [0.05, 0.1) is 0 Å².